The van der Waals surface area contributed by atoms with E-state index in [2.05, 4.69) is 118 Å². The molecule has 0 aliphatic heterocycles. The molecule has 0 aliphatic rings. The van der Waals surface area contributed by atoms with Gasteiger partial charge >= 0.3 is 17.9 Å². The van der Waals surface area contributed by atoms with Crippen LogP contribution in [0.3, 0.4) is 0 Å². The van der Waals surface area contributed by atoms with Crippen LogP contribution in [-0.2, 0) is 28.6 Å². The lowest BCUT2D eigenvalue weighted by Gasteiger charge is -2.18. The summed E-state index contributed by atoms with van der Waals surface area (Å²) in [4.78, 5) is 38.3. The summed E-state index contributed by atoms with van der Waals surface area (Å²) >= 11 is 0. The van der Waals surface area contributed by atoms with E-state index in [1.165, 1.54) is 186 Å². The lowest BCUT2D eigenvalue weighted by molar-refractivity contribution is -0.167. The third kappa shape index (κ3) is 67.1. The molecule has 0 bridgehead atoms. The predicted molar refractivity (Wildman–Crippen MR) is 357 cm³/mol. The minimum Gasteiger partial charge on any atom is -0.462 e. The van der Waals surface area contributed by atoms with Crippen LogP contribution in [0.4, 0.5) is 0 Å². The van der Waals surface area contributed by atoms with Crippen LogP contribution in [0, 0.1) is 0 Å². The molecule has 0 fully saturated rings. The first-order chi connectivity index (χ1) is 40.5. The molecular formula is C76H132O6. The van der Waals surface area contributed by atoms with Crippen molar-refractivity contribution in [3.63, 3.8) is 0 Å². The van der Waals surface area contributed by atoms with E-state index >= 15 is 0 Å². The zero-order chi connectivity index (χ0) is 59.2. The second-order valence-electron chi connectivity index (χ2n) is 23.4. The van der Waals surface area contributed by atoms with Crippen molar-refractivity contribution < 1.29 is 28.6 Å². The fourth-order valence-corrected chi connectivity index (χ4v) is 10.1. The standard InChI is InChI=1S/C76H132O6/c1-4-7-10-13-16-19-21-23-25-27-29-31-33-35-37-38-39-41-42-44-46-48-50-52-54-57-60-63-66-69-75(78)81-72-73(71-80-74(77)68-65-62-59-56-18-15-12-9-6-3)82-76(79)70-67-64-61-58-55-53-51-49-47-45-43-40-36-34-32-30-28-26-24-22-20-17-14-11-8-5-2/h7,10,16,19,23,25,29,31,35,37,39,41,44,46,50,52,73H,4-6,8-9,11-15,17-18,20-22,24,26-28,30,32-34,36,38,40,42-43,45,47-49,51,53-72H2,1-3H3/b10-7-,19-16-,25-23-,31-29-,37-35-,41-39-,46-44-,52-50-. The average molecular weight is 1140 g/mol. The first kappa shape index (κ1) is 78.3. The molecule has 1 unspecified atom stereocenters. The molecule has 6 nitrogen and oxygen atoms in total. The van der Waals surface area contributed by atoms with Gasteiger partial charge in [-0.1, -0.05) is 343 Å². The van der Waals surface area contributed by atoms with E-state index in [9.17, 15) is 14.4 Å². The van der Waals surface area contributed by atoms with Crippen molar-refractivity contribution in [3.8, 4) is 0 Å². The van der Waals surface area contributed by atoms with Gasteiger partial charge in [-0.3, -0.25) is 14.4 Å². The van der Waals surface area contributed by atoms with Crippen LogP contribution in [0.15, 0.2) is 97.2 Å². The zero-order valence-corrected chi connectivity index (χ0v) is 54.2. The van der Waals surface area contributed by atoms with Crippen molar-refractivity contribution in [1.82, 2.24) is 0 Å². The molecule has 0 rings (SSSR count). The number of unbranched alkanes of at least 4 members (excludes halogenated alkanes) is 37. The maximum atomic E-state index is 12.9. The summed E-state index contributed by atoms with van der Waals surface area (Å²) in [7, 11) is 0. The summed E-state index contributed by atoms with van der Waals surface area (Å²) in [5, 5.41) is 0. The van der Waals surface area contributed by atoms with E-state index in [-0.39, 0.29) is 31.1 Å². The molecule has 0 aromatic carbocycles. The molecule has 0 N–H and O–H groups in total. The Labute approximate surface area is 508 Å². The lowest BCUT2D eigenvalue weighted by atomic mass is 10.0. The molecule has 0 aliphatic carbocycles. The van der Waals surface area contributed by atoms with Crippen LogP contribution >= 0.6 is 0 Å². The number of hydrogen-bond acceptors (Lipinski definition) is 6. The second kappa shape index (κ2) is 69.8. The molecule has 0 saturated carbocycles. The van der Waals surface area contributed by atoms with E-state index in [1.54, 1.807) is 0 Å². The highest BCUT2D eigenvalue weighted by Crippen LogP contribution is 2.18. The van der Waals surface area contributed by atoms with Crippen LogP contribution < -0.4 is 0 Å². The lowest BCUT2D eigenvalue weighted by Crippen LogP contribution is -2.30. The molecule has 0 aromatic rings. The Balaban J connectivity index is 4.22. The number of carbonyl (C=O) groups excluding carboxylic acids is 3. The number of allylic oxidation sites excluding steroid dienone is 16. The molecule has 0 aromatic heterocycles. The van der Waals surface area contributed by atoms with E-state index in [1.807, 2.05) is 0 Å². The Bertz CT molecular complexity index is 1590. The van der Waals surface area contributed by atoms with Gasteiger partial charge < -0.3 is 14.2 Å². The highest BCUT2D eigenvalue weighted by molar-refractivity contribution is 5.71. The normalized spacial score (nSPS) is 12.7. The molecular weight excluding hydrogens is 1010 g/mol. The van der Waals surface area contributed by atoms with Gasteiger partial charge in [0.2, 0.25) is 0 Å². The maximum absolute atomic E-state index is 12.9. The quantitative estimate of drug-likeness (QED) is 0.0261. The summed E-state index contributed by atoms with van der Waals surface area (Å²) in [6.45, 7) is 6.53. The Hall–Kier alpha value is -3.67. The highest BCUT2D eigenvalue weighted by atomic mass is 16.6. The van der Waals surface area contributed by atoms with Crippen molar-refractivity contribution in [3.05, 3.63) is 97.2 Å². The Kier molecular flexibility index (Phi) is 66.7. The smallest absolute Gasteiger partial charge is 0.306 e. The van der Waals surface area contributed by atoms with Crippen molar-refractivity contribution in [2.45, 2.75) is 354 Å². The summed E-state index contributed by atoms with van der Waals surface area (Å²) < 4.78 is 16.9. The Morgan fingerprint density at radius 1 is 0.256 bits per heavy atom. The number of carbonyl (C=O) groups is 3. The van der Waals surface area contributed by atoms with Gasteiger partial charge in [0.05, 0.1) is 0 Å². The topological polar surface area (TPSA) is 78.9 Å². The van der Waals surface area contributed by atoms with Crippen molar-refractivity contribution >= 4 is 17.9 Å². The van der Waals surface area contributed by atoms with Gasteiger partial charge in [0, 0.05) is 19.3 Å². The van der Waals surface area contributed by atoms with Crippen molar-refractivity contribution in [2.75, 3.05) is 13.2 Å². The Morgan fingerprint density at radius 3 is 0.744 bits per heavy atom. The number of esters is 3. The van der Waals surface area contributed by atoms with Crippen molar-refractivity contribution in [1.29, 1.82) is 0 Å². The maximum Gasteiger partial charge on any atom is 0.306 e. The van der Waals surface area contributed by atoms with E-state index < -0.39 is 6.10 Å². The van der Waals surface area contributed by atoms with Crippen LogP contribution in [0.25, 0.3) is 0 Å². The fourth-order valence-electron chi connectivity index (χ4n) is 10.1. The molecule has 0 amide bonds. The zero-order valence-electron chi connectivity index (χ0n) is 54.2. The van der Waals surface area contributed by atoms with Crippen molar-refractivity contribution in [2.24, 2.45) is 0 Å². The minimum absolute atomic E-state index is 0.0818. The average Bonchev–Trinajstić information content (AvgIpc) is 3.48. The summed E-state index contributed by atoms with van der Waals surface area (Å²) in [5.41, 5.74) is 0. The molecule has 0 radical (unpaired) electrons. The Morgan fingerprint density at radius 2 is 0.476 bits per heavy atom. The largest absolute Gasteiger partial charge is 0.462 e. The van der Waals surface area contributed by atoms with Gasteiger partial charge in [-0.2, -0.15) is 0 Å². The summed E-state index contributed by atoms with van der Waals surface area (Å²) in [6, 6.07) is 0. The first-order valence-corrected chi connectivity index (χ1v) is 35.2. The van der Waals surface area contributed by atoms with Gasteiger partial charge in [-0.15, -0.1) is 0 Å². The number of ether oxygens (including phenoxy) is 3. The van der Waals surface area contributed by atoms with Crippen LogP contribution in [0.5, 0.6) is 0 Å². The third-order valence-electron chi connectivity index (χ3n) is 15.4. The SMILES string of the molecule is CC/C=C\C/C=C\C/C=C\C/C=C\C/C=C\C/C=C\C/C=C\C/C=C\CCCCCCC(=O)OCC(COC(=O)CCCCCCCCCCC)OC(=O)CCCCCCCCCCCCCCCCCCCCCCCCCCCC. The van der Waals surface area contributed by atoms with Crippen LogP contribution in [0.2, 0.25) is 0 Å². The third-order valence-corrected chi connectivity index (χ3v) is 15.4. The van der Waals surface area contributed by atoms with E-state index in [0.29, 0.717) is 19.3 Å². The van der Waals surface area contributed by atoms with Gasteiger partial charge in [-0.25, -0.2) is 0 Å². The van der Waals surface area contributed by atoms with Gasteiger partial charge in [0.15, 0.2) is 6.10 Å². The molecule has 472 valence electrons. The molecule has 1 atom stereocenters. The highest BCUT2D eigenvalue weighted by Gasteiger charge is 2.19. The number of rotatable bonds is 64. The molecule has 0 heterocycles. The number of hydrogen-bond donors (Lipinski definition) is 0. The molecule has 82 heavy (non-hydrogen) atoms. The molecule has 6 heteroatoms. The monoisotopic (exact) mass is 1140 g/mol. The van der Waals surface area contributed by atoms with Crippen LogP contribution in [0.1, 0.15) is 348 Å². The molecule has 0 saturated heterocycles. The van der Waals surface area contributed by atoms with E-state index in [0.717, 1.165) is 122 Å². The summed E-state index contributed by atoms with van der Waals surface area (Å²) in [6.07, 6.45) is 94.5. The van der Waals surface area contributed by atoms with Crippen LogP contribution in [-0.4, -0.2) is 37.2 Å². The fraction of sp³-hybridized carbons (Fsp3) is 0.750. The first-order valence-electron chi connectivity index (χ1n) is 35.2. The molecule has 0 spiro atoms. The minimum atomic E-state index is -0.786. The summed E-state index contributed by atoms with van der Waals surface area (Å²) in [5.74, 6) is -0.895. The van der Waals surface area contributed by atoms with E-state index in [4.69, 9.17) is 14.2 Å². The van der Waals surface area contributed by atoms with Gasteiger partial charge in [0.1, 0.15) is 13.2 Å². The second-order valence-corrected chi connectivity index (χ2v) is 23.4. The predicted octanol–water partition coefficient (Wildman–Crippen LogP) is 24.4. The van der Waals surface area contributed by atoms with Gasteiger partial charge in [-0.05, 0) is 83.5 Å². The van der Waals surface area contributed by atoms with Gasteiger partial charge in [0.25, 0.3) is 0 Å².